The molecule has 0 saturated carbocycles. The molecule has 2 atom stereocenters. The topological polar surface area (TPSA) is 24.1 Å². The second-order valence-corrected chi connectivity index (χ2v) is 5.99. The summed E-state index contributed by atoms with van der Waals surface area (Å²) in [4.78, 5) is 0. The van der Waals surface area contributed by atoms with Crippen molar-refractivity contribution in [3.05, 3.63) is 71.3 Å². The highest BCUT2D eigenvalue weighted by Gasteiger charge is 2.25. The largest absolute Gasteiger partial charge is 0.316 e. The van der Waals surface area contributed by atoms with Crippen LogP contribution in [0.3, 0.4) is 0 Å². The van der Waals surface area contributed by atoms with E-state index in [4.69, 9.17) is 0 Å². The first kappa shape index (κ1) is 14.3. The maximum absolute atomic E-state index is 3.77. The number of rotatable bonds is 4. The van der Waals surface area contributed by atoms with Crippen LogP contribution in [0.4, 0.5) is 0 Å². The summed E-state index contributed by atoms with van der Waals surface area (Å²) in [5, 5.41) is 7.31. The maximum atomic E-state index is 3.77. The molecule has 2 aromatic carbocycles. The maximum Gasteiger partial charge on any atom is 0.0208 e. The van der Waals surface area contributed by atoms with Gasteiger partial charge in [-0.2, -0.15) is 0 Å². The van der Waals surface area contributed by atoms with Crippen LogP contribution in [0.5, 0.6) is 0 Å². The highest BCUT2D eigenvalue weighted by molar-refractivity contribution is 5.28. The van der Waals surface area contributed by atoms with Gasteiger partial charge in [-0.15, -0.1) is 0 Å². The Labute approximate surface area is 127 Å². The van der Waals surface area contributed by atoms with E-state index in [0.29, 0.717) is 12.0 Å². The summed E-state index contributed by atoms with van der Waals surface area (Å²) >= 11 is 0. The van der Waals surface area contributed by atoms with Crippen LogP contribution in [-0.2, 0) is 6.54 Å². The molecular formula is C19H24N2. The molecule has 2 aromatic rings. The van der Waals surface area contributed by atoms with Crippen molar-refractivity contribution in [1.82, 2.24) is 10.6 Å². The number of hydrogen-bond acceptors (Lipinski definition) is 2. The van der Waals surface area contributed by atoms with E-state index in [9.17, 15) is 0 Å². The fraction of sp³-hybridized carbons (Fsp3) is 0.368. The molecule has 0 bridgehead atoms. The third-order valence-electron chi connectivity index (χ3n) is 4.36. The van der Waals surface area contributed by atoms with Crippen molar-refractivity contribution in [2.75, 3.05) is 13.1 Å². The van der Waals surface area contributed by atoms with E-state index in [2.05, 4.69) is 72.2 Å². The van der Waals surface area contributed by atoms with Crippen molar-refractivity contribution in [3.63, 3.8) is 0 Å². The molecule has 1 saturated heterocycles. The lowest BCUT2D eigenvalue weighted by Gasteiger charge is -2.33. The number of benzene rings is 2. The Bertz CT molecular complexity index is 565. The van der Waals surface area contributed by atoms with Crippen LogP contribution >= 0.6 is 0 Å². The summed E-state index contributed by atoms with van der Waals surface area (Å²) in [6, 6.07) is 20.2. The van der Waals surface area contributed by atoms with Crippen LogP contribution in [-0.4, -0.2) is 19.1 Å². The molecule has 1 fully saturated rings. The van der Waals surface area contributed by atoms with E-state index >= 15 is 0 Å². The molecule has 21 heavy (non-hydrogen) atoms. The average Bonchev–Trinajstić information content (AvgIpc) is 2.54. The molecule has 110 valence electrons. The smallest absolute Gasteiger partial charge is 0.0208 e. The Hall–Kier alpha value is -1.64. The lowest BCUT2D eigenvalue weighted by Crippen LogP contribution is -2.45. The van der Waals surface area contributed by atoms with Crippen molar-refractivity contribution in [1.29, 1.82) is 0 Å². The van der Waals surface area contributed by atoms with Gasteiger partial charge in [-0.1, -0.05) is 60.2 Å². The zero-order valence-corrected chi connectivity index (χ0v) is 12.7. The van der Waals surface area contributed by atoms with Gasteiger partial charge in [-0.05, 0) is 31.0 Å². The standard InChI is InChI=1S/C19H24N2/c1-15-6-5-9-17(12-15)18-14-20-11-10-19(18)21-13-16-7-3-2-4-8-16/h2-9,12,18-21H,10-11,13-14H2,1H3. The van der Waals surface area contributed by atoms with Crippen molar-refractivity contribution < 1.29 is 0 Å². The summed E-state index contributed by atoms with van der Waals surface area (Å²) in [7, 11) is 0. The number of hydrogen-bond donors (Lipinski definition) is 2. The van der Waals surface area contributed by atoms with E-state index in [0.717, 1.165) is 19.6 Å². The van der Waals surface area contributed by atoms with Gasteiger partial charge in [0.15, 0.2) is 0 Å². The van der Waals surface area contributed by atoms with Gasteiger partial charge in [0.05, 0.1) is 0 Å². The van der Waals surface area contributed by atoms with Crippen LogP contribution in [0.1, 0.15) is 29.0 Å². The van der Waals surface area contributed by atoms with Crippen LogP contribution in [0, 0.1) is 6.92 Å². The molecule has 2 nitrogen and oxygen atoms in total. The fourth-order valence-electron chi connectivity index (χ4n) is 3.20. The normalized spacial score (nSPS) is 22.1. The third-order valence-corrected chi connectivity index (χ3v) is 4.36. The second kappa shape index (κ2) is 6.88. The second-order valence-electron chi connectivity index (χ2n) is 5.99. The van der Waals surface area contributed by atoms with Crippen LogP contribution in [0.25, 0.3) is 0 Å². The monoisotopic (exact) mass is 280 g/mol. The zero-order chi connectivity index (χ0) is 14.5. The molecule has 1 aliphatic heterocycles. The molecule has 2 unspecified atom stereocenters. The highest BCUT2D eigenvalue weighted by Crippen LogP contribution is 2.24. The first-order valence-electron chi connectivity index (χ1n) is 7.87. The molecule has 0 aromatic heterocycles. The van der Waals surface area contributed by atoms with Gasteiger partial charge in [-0.3, -0.25) is 0 Å². The van der Waals surface area contributed by atoms with Gasteiger partial charge in [-0.25, -0.2) is 0 Å². The Morgan fingerprint density at radius 3 is 2.76 bits per heavy atom. The molecule has 2 heteroatoms. The first-order valence-corrected chi connectivity index (χ1v) is 7.87. The summed E-state index contributed by atoms with van der Waals surface area (Å²) in [6.07, 6.45) is 1.19. The van der Waals surface area contributed by atoms with Gasteiger partial charge in [0.25, 0.3) is 0 Å². The predicted molar refractivity (Wildman–Crippen MR) is 88.5 cm³/mol. The summed E-state index contributed by atoms with van der Waals surface area (Å²) in [5.41, 5.74) is 4.16. The molecule has 1 aliphatic rings. The van der Waals surface area contributed by atoms with Crippen molar-refractivity contribution in [2.45, 2.75) is 31.8 Å². The minimum atomic E-state index is 0.549. The highest BCUT2D eigenvalue weighted by atomic mass is 15.0. The average molecular weight is 280 g/mol. The van der Waals surface area contributed by atoms with Crippen molar-refractivity contribution >= 4 is 0 Å². The molecule has 3 rings (SSSR count). The Morgan fingerprint density at radius 2 is 1.95 bits per heavy atom. The van der Waals surface area contributed by atoms with E-state index in [1.807, 2.05) is 0 Å². The number of piperidine rings is 1. The molecule has 0 aliphatic carbocycles. The van der Waals surface area contributed by atoms with Crippen LogP contribution in [0.15, 0.2) is 54.6 Å². The minimum absolute atomic E-state index is 0.549. The Kier molecular flexibility index (Phi) is 4.69. The Balaban J connectivity index is 1.70. The molecule has 0 spiro atoms. The van der Waals surface area contributed by atoms with E-state index in [-0.39, 0.29) is 0 Å². The van der Waals surface area contributed by atoms with Gasteiger partial charge in [0, 0.05) is 25.0 Å². The SMILES string of the molecule is Cc1cccc(C2CNCCC2NCc2ccccc2)c1. The van der Waals surface area contributed by atoms with Crippen LogP contribution in [0.2, 0.25) is 0 Å². The third kappa shape index (κ3) is 3.72. The summed E-state index contributed by atoms with van der Waals surface area (Å²) < 4.78 is 0. The Morgan fingerprint density at radius 1 is 1.10 bits per heavy atom. The first-order chi connectivity index (χ1) is 10.3. The summed E-state index contributed by atoms with van der Waals surface area (Å²) in [5.74, 6) is 0.558. The lowest BCUT2D eigenvalue weighted by atomic mass is 9.86. The van der Waals surface area contributed by atoms with Gasteiger partial charge < -0.3 is 10.6 Å². The molecule has 0 amide bonds. The van der Waals surface area contributed by atoms with E-state index < -0.39 is 0 Å². The van der Waals surface area contributed by atoms with Gasteiger partial charge >= 0.3 is 0 Å². The van der Waals surface area contributed by atoms with Crippen LogP contribution < -0.4 is 10.6 Å². The molecule has 0 radical (unpaired) electrons. The predicted octanol–water partition coefficient (Wildman–Crippen LogP) is 3.23. The van der Waals surface area contributed by atoms with Crippen molar-refractivity contribution in [3.8, 4) is 0 Å². The van der Waals surface area contributed by atoms with Gasteiger partial charge in [0.2, 0.25) is 0 Å². The van der Waals surface area contributed by atoms with E-state index in [1.165, 1.54) is 23.1 Å². The quantitative estimate of drug-likeness (QED) is 0.898. The number of aryl methyl sites for hydroxylation is 1. The molecular weight excluding hydrogens is 256 g/mol. The zero-order valence-electron chi connectivity index (χ0n) is 12.7. The van der Waals surface area contributed by atoms with Crippen molar-refractivity contribution in [2.24, 2.45) is 0 Å². The fourth-order valence-corrected chi connectivity index (χ4v) is 3.20. The molecule has 2 N–H and O–H groups in total. The number of nitrogens with one attached hydrogen (secondary N) is 2. The molecule has 1 heterocycles. The minimum Gasteiger partial charge on any atom is -0.316 e. The summed E-state index contributed by atoms with van der Waals surface area (Å²) in [6.45, 7) is 5.30. The van der Waals surface area contributed by atoms with Gasteiger partial charge in [0.1, 0.15) is 0 Å². The lowest BCUT2D eigenvalue weighted by molar-refractivity contribution is 0.341. The van der Waals surface area contributed by atoms with E-state index in [1.54, 1.807) is 0 Å².